The van der Waals surface area contributed by atoms with Crippen LogP contribution in [-0.4, -0.2) is 20.0 Å². The summed E-state index contributed by atoms with van der Waals surface area (Å²) in [6, 6.07) is 0. The molecule has 1 N–H and O–H groups in total. The monoisotopic (exact) mass is 209 g/mol. The van der Waals surface area contributed by atoms with E-state index in [1.807, 2.05) is 17.9 Å². The van der Waals surface area contributed by atoms with Crippen molar-refractivity contribution in [2.75, 3.05) is 0 Å². The molecule has 14 heavy (non-hydrogen) atoms. The van der Waals surface area contributed by atoms with E-state index in [0.717, 1.165) is 24.5 Å². The van der Waals surface area contributed by atoms with Gasteiger partial charge in [-0.15, -0.1) is 16.4 Å². The molecular formula is C8H11N5S. The first-order valence-electron chi connectivity index (χ1n) is 4.27. The second-order valence-corrected chi connectivity index (χ2v) is 3.65. The van der Waals surface area contributed by atoms with Crippen molar-refractivity contribution in [3.8, 4) is 0 Å². The quantitative estimate of drug-likeness (QED) is 0.799. The molecule has 74 valence electrons. The SMILES string of the molecule is Cn1nncc1CNCc1cscn1. The fourth-order valence-electron chi connectivity index (χ4n) is 1.11. The zero-order chi connectivity index (χ0) is 9.80. The van der Waals surface area contributed by atoms with Gasteiger partial charge in [0.25, 0.3) is 0 Å². The second kappa shape index (κ2) is 4.30. The van der Waals surface area contributed by atoms with Gasteiger partial charge in [-0.2, -0.15) is 0 Å². The van der Waals surface area contributed by atoms with Crippen LogP contribution in [0, 0.1) is 0 Å². The van der Waals surface area contributed by atoms with Gasteiger partial charge in [-0.3, -0.25) is 4.68 Å². The van der Waals surface area contributed by atoms with Crippen molar-refractivity contribution in [1.82, 2.24) is 25.3 Å². The molecule has 2 aromatic heterocycles. The largest absolute Gasteiger partial charge is 0.305 e. The number of aryl methyl sites for hydroxylation is 1. The summed E-state index contributed by atoms with van der Waals surface area (Å²) in [6.45, 7) is 1.55. The molecule has 2 rings (SSSR count). The molecule has 6 heteroatoms. The highest BCUT2D eigenvalue weighted by molar-refractivity contribution is 7.07. The Bertz CT molecular complexity index is 380. The van der Waals surface area contributed by atoms with Crippen molar-refractivity contribution in [1.29, 1.82) is 0 Å². The molecule has 0 saturated heterocycles. The van der Waals surface area contributed by atoms with Crippen molar-refractivity contribution in [3.05, 3.63) is 28.5 Å². The van der Waals surface area contributed by atoms with E-state index < -0.39 is 0 Å². The van der Waals surface area contributed by atoms with Crippen molar-refractivity contribution in [2.24, 2.45) is 7.05 Å². The fraction of sp³-hybridized carbons (Fsp3) is 0.375. The van der Waals surface area contributed by atoms with Crippen molar-refractivity contribution in [3.63, 3.8) is 0 Å². The Morgan fingerprint density at radius 2 is 2.43 bits per heavy atom. The van der Waals surface area contributed by atoms with Crippen LogP contribution in [0.3, 0.4) is 0 Å². The lowest BCUT2D eigenvalue weighted by Gasteiger charge is -2.01. The van der Waals surface area contributed by atoms with E-state index in [9.17, 15) is 0 Å². The molecule has 0 aliphatic heterocycles. The predicted octanol–water partition coefficient (Wildman–Crippen LogP) is 0.561. The molecule has 0 aromatic carbocycles. The minimum atomic E-state index is 0.765. The van der Waals surface area contributed by atoms with E-state index in [4.69, 9.17) is 0 Å². The molecular weight excluding hydrogens is 198 g/mol. The van der Waals surface area contributed by atoms with Crippen LogP contribution in [0.4, 0.5) is 0 Å². The second-order valence-electron chi connectivity index (χ2n) is 2.93. The number of aromatic nitrogens is 4. The maximum atomic E-state index is 4.18. The number of nitrogens with one attached hydrogen (secondary N) is 1. The van der Waals surface area contributed by atoms with Crippen LogP contribution in [0.25, 0.3) is 0 Å². The summed E-state index contributed by atoms with van der Waals surface area (Å²) in [4.78, 5) is 4.18. The van der Waals surface area contributed by atoms with Gasteiger partial charge in [-0.1, -0.05) is 5.21 Å². The molecule has 2 aromatic rings. The zero-order valence-electron chi connectivity index (χ0n) is 7.84. The number of hydrogen-bond donors (Lipinski definition) is 1. The van der Waals surface area contributed by atoms with Crippen molar-refractivity contribution < 1.29 is 0 Å². The van der Waals surface area contributed by atoms with Crippen LogP contribution >= 0.6 is 11.3 Å². The first-order valence-corrected chi connectivity index (χ1v) is 5.22. The molecule has 0 fully saturated rings. The molecule has 0 aliphatic carbocycles. The lowest BCUT2D eigenvalue weighted by Crippen LogP contribution is -2.15. The molecule has 0 aliphatic rings. The third-order valence-corrected chi connectivity index (χ3v) is 2.54. The highest BCUT2D eigenvalue weighted by atomic mass is 32.1. The summed E-state index contributed by atoms with van der Waals surface area (Å²) in [5.41, 5.74) is 3.98. The van der Waals surface area contributed by atoms with Crippen LogP contribution in [0.1, 0.15) is 11.4 Å². The van der Waals surface area contributed by atoms with Crippen LogP contribution in [-0.2, 0) is 20.1 Å². The highest BCUT2D eigenvalue weighted by Gasteiger charge is 1.99. The van der Waals surface area contributed by atoms with Gasteiger partial charge in [0.2, 0.25) is 0 Å². The zero-order valence-corrected chi connectivity index (χ0v) is 8.66. The molecule has 0 bridgehead atoms. The Balaban J connectivity index is 1.81. The average Bonchev–Trinajstić information content (AvgIpc) is 2.78. The summed E-state index contributed by atoms with van der Waals surface area (Å²) in [5.74, 6) is 0. The fourth-order valence-corrected chi connectivity index (χ4v) is 1.67. The van der Waals surface area contributed by atoms with Crippen LogP contribution in [0.2, 0.25) is 0 Å². The van der Waals surface area contributed by atoms with Gasteiger partial charge in [-0.25, -0.2) is 4.98 Å². The first-order chi connectivity index (χ1) is 6.86. The van der Waals surface area contributed by atoms with Gasteiger partial charge in [0.15, 0.2) is 0 Å². The lowest BCUT2D eigenvalue weighted by molar-refractivity contribution is 0.613. The minimum absolute atomic E-state index is 0.765. The Hall–Kier alpha value is -1.27. The number of rotatable bonds is 4. The topological polar surface area (TPSA) is 55.6 Å². The van der Waals surface area contributed by atoms with Crippen LogP contribution in [0.5, 0.6) is 0 Å². The summed E-state index contributed by atoms with van der Waals surface area (Å²) >= 11 is 1.61. The molecule has 0 unspecified atom stereocenters. The predicted molar refractivity (Wildman–Crippen MR) is 53.7 cm³/mol. The van der Waals surface area contributed by atoms with Crippen LogP contribution in [0.15, 0.2) is 17.1 Å². The molecule has 5 nitrogen and oxygen atoms in total. The number of hydrogen-bond acceptors (Lipinski definition) is 5. The molecule has 0 spiro atoms. The number of nitrogens with zero attached hydrogens (tertiary/aromatic N) is 4. The first kappa shape index (κ1) is 9.29. The van der Waals surface area contributed by atoms with Gasteiger partial charge in [0, 0.05) is 25.5 Å². The van der Waals surface area contributed by atoms with E-state index in [-0.39, 0.29) is 0 Å². The summed E-state index contributed by atoms with van der Waals surface area (Å²) in [6.07, 6.45) is 1.76. The Morgan fingerprint density at radius 1 is 1.50 bits per heavy atom. The Labute approximate surface area is 85.8 Å². The van der Waals surface area contributed by atoms with Gasteiger partial charge < -0.3 is 5.32 Å². The van der Waals surface area contributed by atoms with E-state index in [2.05, 4.69) is 20.6 Å². The third kappa shape index (κ3) is 2.15. The third-order valence-electron chi connectivity index (χ3n) is 1.90. The summed E-state index contributed by atoms with van der Waals surface area (Å²) in [5, 5.41) is 13.0. The maximum Gasteiger partial charge on any atom is 0.0795 e. The average molecular weight is 209 g/mol. The molecule has 0 amide bonds. The van der Waals surface area contributed by atoms with Gasteiger partial charge in [0.05, 0.1) is 23.1 Å². The standard InChI is InChI=1S/C8H11N5S/c1-13-8(4-11-12-13)3-9-2-7-5-14-6-10-7/h4-6,9H,2-3H2,1H3. The van der Waals surface area contributed by atoms with E-state index in [0.29, 0.717) is 0 Å². The smallest absolute Gasteiger partial charge is 0.0795 e. The normalized spacial score (nSPS) is 10.6. The summed E-state index contributed by atoms with van der Waals surface area (Å²) in [7, 11) is 1.88. The maximum absolute atomic E-state index is 4.18. The molecule has 0 saturated carbocycles. The Morgan fingerprint density at radius 3 is 3.07 bits per heavy atom. The minimum Gasteiger partial charge on any atom is -0.305 e. The number of thiazole rings is 1. The van der Waals surface area contributed by atoms with E-state index >= 15 is 0 Å². The van der Waals surface area contributed by atoms with Crippen LogP contribution < -0.4 is 5.32 Å². The summed E-state index contributed by atoms with van der Waals surface area (Å²) < 4.78 is 1.76. The van der Waals surface area contributed by atoms with E-state index in [1.54, 1.807) is 22.2 Å². The van der Waals surface area contributed by atoms with Crippen molar-refractivity contribution >= 4 is 11.3 Å². The molecule has 0 atom stereocenters. The molecule has 0 radical (unpaired) electrons. The molecule has 2 heterocycles. The Kier molecular flexibility index (Phi) is 2.85. The van der Waals surface area contributed by atoms with Gasteiger partial charge in [0.1, 0.15) is 0 Å². The van der Waals surface area contributed by atoms with Gasteiger partial charge in [-0.05, 0) is 0 Å². The van der Waals surface area contributed by atoms with Crippen molar-refractivity contribution in [2.45, 2.75) is 13.1 Å². The highest BCUT2D eigenvalue weighted by Crippen LogP contribution is 2.00. The van der Waals surface area contributed by atoms with E-state index in [1.165, 1.54) is 0 Å². The lowest BCUT2D eigenvalue weighted by atomic mass is 10.4. The van der Waals surface area contributed by atoms with Gasteiger partial charge >= 0.3 is 0 Å².